The second kappa shape index (κ2) is 19.8. The molecule has 0 aliphatic rings. The molecular weight excluding hydrogens is 709 g/mol. The van der Waals surface area contributed by atoms with E-state index in [1.54, 1.807) is 36.4 Å². The van der Waals surface area contributed by atoms with Crippen LogP contribution < -0.4 is 29.6 Å². The van der Waals surface area contributed by atoms with E-state index in [4.69, 9.17) is 18.9 Å². The number of rotatable bonds is 19. The highest BCUT2D eigenvalue weighted by Gasteiger charge is 2.25. The monoisotopic (exact) mass is 750 g/mol. The number of aliphatic carboxylic acids is 1. The number of carbonyl (C=O) groups excluding carboxylic acids is 2. The van der Waals surface area contributed by atoms with Crippen LogP contribution in [0.25, 0.3) is 0 Å². The molecule has 0 aliphatic heterocycles. The van der Waals surface area contributed by atoms with Gasteiger partial charge in [-0.15, -0.1) is 0 Å². The summed E-state index contributed by atoms with van der Waals surface area (Å²) in [7, 11) is 0. The molecule has 0 radical (unpaired) electrons. The summed E-state index contributed by atoms with van der Waals surface area (Å²) in [5.74, 6) is -1.28. The molecule has 10 nitrogen and oxygen atoms in total. The van der Waals surface area contributed by atoms with Crippen LogP contribution in [0.5, 0.6) is 23.0 Å². The van der Waals surface area contributed by atoms with Crippen molar-refractivity contribution in [3.63, 3.8) is 0 Å². The Kier molecular flexibility index (Phi) is 13.7. The lowest BCUT2D eigenvalue weighted by molar-refractivity contribution is -0.139. The van der Waals surface area contributed by atoms with E-state index < -0.39 is 23.8 Å². The zero-order valence-electron chi connectivity index (χ0n) is 30.6. The van der Waals surface area contributed by atoms with Gasteiger partial charge in [0.25, 0.3) is 11.8 Å². The maximum atomic E-state index is 13.7. The minimum Gasteiger partial charge on any atom is -0.485 e. The van der Waals surface area contributed by atoms with Gasteiger partial charge in [0.05, 0.1) is 11.1 Å². The number of benzene rings is 6. The normalized spacial score (nSPS) is 11.1. The molecule has 56 heavy (non-hydrogen) atoms. The van der Waals surface area contributed by atoms with E-state index in [0.29, 0.717) is 11.5 Å². The summed E-state index contributed by atoms with van der Waals surface area (Å²) < 4.78 is 24.6. The average Bonchev–Trinajstić information content (AvgIpc) is 3.24. The summed E-state index contributed by atoms with van der Waals surface area (Å²) >= 11 is 0. The second-order valence-corrected chi connectivity index (χ2v) is 12.8. The summed E-state index contributed by atoms with van der Waals surface area (Å²) in [6.45, 7) is 0.758. The lowest BCUT2D eigenvalue weighted by Crippen LogP contribution is -2.43. The molecule has 10 heteroatoms. The third-order valence-electron chi connectivity index (χ3n) is 8.70. The van der Waals surface area contributed by atoms with Crippen molar-refractivity contribution in [1.82, 2.24) is 10.6 Å². The molecule has 6 aromatic carbocycles. The van der Waals surface area contributed by atoms with Crippen LogP contribution in [0.2, 0.25) is 0 Å². The average molecular weight is 751 g/mol. The number of carboxylic acid groups (broad SMARTS) is 1. The Labute approximate surface area is 325 Å². The van der Waals surface area contributed by atoms with Gasteiger partial charge in [0, 0.05) is 6.54 Å². The highest BCUT2D eigenvalue weighted by Crippen LogP contribution is 2.34. The van der Waals surface area contributed by atoms with Gasteiger partial charge < -0.3 is 34.7 Å². The molecule has 284 valence electrons. The van der Waals surface area contributed by atoms with Gasteiger partial charge in [0.2, 0.25) is 0 Å². The molecule has 0 heterocycles. The van der Waals surface area contributed by atoms with Crippen LogP contribution in [0.1, 0.15) is 49.4 Å². The van der Waals surface area contributed by atoms with Gasteiger partial charge >= 0.3 is 5.97 Å². The Balaban J connectivity index is 1.14. The van der Waals surface area contributed by atoms with Gasteiger partial charge in [0.15, 0.2) is 23.0 Å². The molecule has 0 aromatic heterocycles. The van der Waals surface area contributed by atoms with Crippen LogP contribution in [0.4, 0.5) is 0 Å². The minimum absolute atomic E-state index is 0.0686. The van der Waals surface area contributed by atoms with Gasteiger partial charge in [-0.25, -0.2) is 4.79 Å². The number of carbonyl (C=O) groups is 3. The Morgan fingerprint density at radius 2 is 0.839 bits per heavy atom. The van der Waals surface area contributed by atoms with E-state index in [9.17, 15) is 19.5 Å². The molecule has 0 saturated heterocycles. The molecule has 0 spiro atoms. The Bertz CT molecular complexity index is 2180. The van der Waals surface area contributed by atoms with E-state index in [1.165, 1.54) is 0 Å². The van der Waals surface area contributed by atoms with E-state index in [0.717, 1.165) is 22.3 Å². The van der Waals surface area contributed by atoms with E-state index in [-0.39, 0.29) is 62.0 Å². The first kappa shape index (κ1) is 38.6. The maximum Gasteiger partial charge on any atom is 0.326 e. The van der Waals surface area contributed by atoms with Crippen LogP contribution in [0.3, 0.4) is 0 Å². The quantitative estimate of drug-likeness (QED) is 0.0759. The lowest BCUT2D eigenvalue weighted by atomic mass is 10.1. The van der Waals surface area contributed by atoms with E-state index in [2.05, 4.69) is 10.6 Å². The molecule has 1 atom stereocenters. The highest BCUT2D eigenvalue weighted by molar-refractivity contribution is 6.00. The summed E-state index contributed by atoms with van der Waals surface area (Å²) in [4.78, 5) is 39.8. The van der Waals surface area contributed by atoms with Crippen molar-refractivity contribution in [2.45, 2.75) is 38.9 Å². The molecule has 0 unspecified atom stereocenters. The predicted octanol–water partition coefficient (Wildman–Crippen LogP) is 8.01. The molecule has 0 aliphatic carbocycles. The zero-order chi connectivity index (χ0) is 39.0. The number of amides is 2. The summed E-state index contributed by atoms with van der Waals surface area (Å²) in [5.41, 5.74) is 3.96. The van der Waals surface area contributed by atoms with Crippen molar-refractivity contribution < 1.29 is 38.4 Å². The minimum atomic E-state index is -1.34. The van der Waals surface area contributed by atoms with Crippen LogP contribution in [0, 0.1) is 0 Å². The van der Waals surface area contributed by atoms with Crippen molar-refractivity contribution in [1.29, 1.82) is 0 Å². The van der Waals surface area contributed by atoms with Gasteiger partial charge in [-0.3, -0.25) is 9.59 Å². The van der Waals surface area contributed by atoms with Crippen LogP contribution in [-0.2, 0) is 31.2 Å². The molecule has 0 fully saturated rings. The van der Waals surface area contributed by atoms with Crippen LogP contribution in [-0.4, -0.2) is 35.5 Å². The molecule has 3 N–H and O–H groups in total. The fraction of sp³-hybridized carbons (Fsp3) is 0.152. The topological polar surface area (TPSA) is 132 Å². The first-order valence-electron chi connectivity index (χ1n) is 18.2. The first-order chi connectivity index (χ1) is 27.4. The molecule has 6 rings (SSSR count). The number of hydrogen-bond acceptors (Lipinski definition) is 7. The summed E-state index contributed by atoms with van der Waals surface area (Å²) in [6, 6.07) is 46.8. The second-order valence-electron chi connectivity index (χ2n) is 12.8. The predicted molar refractivity (Wildman–Crippen MR) is 212 cm³/mol. The van der Waals surface area contributed by atoms with Gasteiger partial charge in [-0.1, -0.05) is 133 Å². The van der Waals surface area contributed by atoms with Gasteiger partial charge in [-0.05, 0) is 52.9 Å². The highest BCUT2D eigenvalue weighted by atomic mass is 16.5. The summed E-state index contributed by atoms with van der Waals surface area (Å²) in [6.07, 6.45) is -0.110. The van der Waals surface area contributed by atoms with Crippen LogP contribution >= 0.6 is 0 Å². The molecule has 2 amide bonds. The number of carboxylic acids is 1. The van der Waals surface area contributed by atoms with E-state index >= 15 is 0 Å². The standard InChI is InChI=1S/C46H42N2O8/c49-44(37-23-13-25-40(53-29-33-15-5-1-6-16-33)42(37)55-31-35-19-9-3-10-20-35)47-28-27-39(46(51)52)48-45(50)38-24-14-26-41(54-30-34-17-7-2-8-18-34)43(38)56-32-36-21-11-4-12-22-36/h1-26,39H,27-32H2,(H,47,49)(H,48,50)(H,51,52)/t39-/m0/s1. The molecule has 6 aromatic rings. The van der Waals surface area contributed by atoms with Gasteiger partial charge in [0.1, 0.15) is 32.5 Å². The Hall–Kier alpha value is -7.07. The Morgan fingerprint density at radius 3 is 1.23 bits per heavy atom. The molecular formula is C46H42N2O8. The number of nitrogens with one attached hydrogen (secondary N) is 2. The van der Waals surface area contributed by atoms with E-state index in [1.807, 2.05) is 121 Å². The number of hydrogen-bond donors (Lipinski definition) is 3. The SMILES string of the molecule is O=C(NCC[C@H](NC(=O)c1cccc(OCc2ccccc2)c1OCc1ccccc1)C(=O)O)c1cccc(OCc2ccccc2)c1OCc1ccccc1. The van der Waals surface area contributed by atoms with Crippen molar-refractivity contribution in [2.24, 2.45) is 0 Å². The van der Waals surface area contributed by atoms with Crippen molar-refractivity contribution >= 4 is 17.8 Å². The fourth-order valence-electron chi connectivity index (χ4n) is 5.76. The van der Waals surface area contributed by atoms with Crippen molar-refractivity contribution in [2.75, 3.05) is 6.54 Å². The van der Waals surface area contributed by atoms with Crippen molar-refractivity contribution in [3.05, 3.63) is 191 Å². The smallest absolute Gasteiger partial charge is 0.326 e. The third-order valence-corrected chi connectivity index (χ3v) is 8.70. The maximum absolute atomic E-state index is 13.7. The number of ether oxygens (including phenoxy) is 4. The fourth-order valence-corrected chi connectivity index (χ4v) is 5.76. The first-order valence-corrected chi connectivity index (χ1v) is 18.2. The molecule has 0 saturated carbocycles. The van der Waals surface area contributed by atoms with Gasteiger partial charge in [-0.2, -0.15) is 0 Å². The van der Waals surface area contributed by atoms with Crippen molar-refractivity contribution in [3.8, 4) is 23.0 Å². The summed E-state index contributed by atoms with van der Waals surface area (Å²) in [5, 5.41) is 15.5. The largest absolute Gasteiger partial charge is 0.485 e. The third kappa shape index (κ3) is 11.0. The Morgan fingerprint density at radius 1 is 0.464 bits per heavy atom. The number of para-hydroxylation sites is 2. The van der Waals surface area contributed by atoms with Crippen LogP contribution in [0.15, 0.2) is 158 Å². The zero-order valence-corrected chi connectivity index (χ0v) is 30.6. The molecule has 0 bridgehead atoms. The lowest BCUT2D eigenvalue weighted by Gasteiger charge is -2.19.